The van der Waals surface area contributed by atoms with E-state index >= 15 is 0 Å². The summed E-state index contributed by atoms with van der Waals surface area (Å²) in [7, 11) is 3.40. The quantitative estimate of drug-likeness (QED) is 0.634. The van der Waals surface area contributed by atoms with Gasteiger partial charge in [-0.05, 0) is 19.5 Å². The fourth-order valence-electron chi connectivity index (χ4n) is 1.59. The lowest BCUT2D eigenvalue weighted by atomic mass is 10.2. The molecule has 3 amide bonds. The summed E-state index contributed by atoms with van der Waals surface area (Å²) in [5.41, 5.74) is 0. The molecule has 14 heavy (non-hydrogen) atoms. The summed E-state index contributed by atoms with van der Waals surface area (Å²) in [4.78, 5) is 25.4. The minimum atomic E-state index is -0.182. The Morgan fingerprint density at radius 1 is 1.50 bits per heavy atom. The van der Waals surface area contributed by atoms with Gasteiger partial charge in [-0.3, -0.25) is 9.69 Å². The predicted molar refractivity (Wildman–Crippen MR) is 52.8 cm³/mol. The van der Waals surface area contributed by atoms with E-state index < -0.39 is 0 Å². The Labute approximate surface area is 84.0 Å². The summed E-state index contributed by atoms with van der Waals surface area (Å²) in [5.74, 6) is 0.245. The van der Waals surface area contributed by atoms with E-state index in [2.05, 4.69) is 5.32 Å². The lowest BCUT2D eigenvalue weighted by molar-refractivity contribution is -0.124. The van der Waals surface area contributed by atoms with Gasteiger partial charge in [-0.2, -0.15) is 0 Å². The first-order valence-corrected chi connectivity index (χ1v) is 4.76. The zero-order valence-corrected chi connectivity index (χ0v) is 8.91. The van der Waals surface area contributed by atoms with Crippen molar-refractivity contribution in [2.75, 3.05) is 33.7 Å². The average molecular weight is 199 g/mol. The number of nitrogens with one attached hydrogen (secondary N) is 1. The van der Waals surface area contributed by atoms with Crippen molar-refractivity contribution in [3.05, 3.63) is 0 Å². The fourth-order valence-corrected chi connectivity index (χ4v) is 1.59. The van der Waals surface area contributed by atoms with E-state index in [1.165, 1.54) is 11.9 Å². The highest BCUT2D eigenvalue weighted by Gasteiger charge is 2.33. The first kappa shape index (κ1) is 11.0. The molecule has 1 aliphatic heterocycles. The molecule has 1 atom stereocenters. The second-order valence-electron chi connectivity index (χ2n) is 3.78. The van der Waals surface area contributed by atoms with Crippen LogP contribution in [0, 0.1) is 5.92 Å². The van der Waals surface area contributed by atoms with Gasteiger partial charge in [-0.15, -0.1) is 0 Å². The summed E-state index contributed by atoms with van der Waals surface area (Å²) in [5, 5.41) is 3.04. The molecule has 5 heteroatoms. The molecule has 1 N–H and O–H groups in total. The maximum Gasteiger partial charge on any atom is 0.326 e. The Morgan fingerprint density at radius 2 is 2.14 bits per heavy atom. The standard InChI is InChI=1S/C9H17N3O2/c1-7(4-10-2)5-12-6-8(13)11(3)9(12)14/h7,10H,4-6H2,1-3H3. The summed E-state index contributed by atoms with van der Waals surface area (Å²) < 4.78 is 0. The average Bonchev–Trinajstić information content (AvgIpc) is 2.34. The minimum absolute atomic E-state index is 0.119. The van der Waals surface area contributed by atoms with E-state index in [1.54, 1.807) is 4.90 Å². The zero-order valence-electron chi connectivity index (χ0n) is 8.91. The Morgan fingerprint density at radius 3 is 2.57 bits per heavy atom. The summed E-state index contributed by atoms with van der Waals surface area (Å²) in [6, 6.07) is -0.182. The number of rotatable bonds is 4. The lowest BCUT2D eigenvalue weighted by Gasteiger charge is -2.19. The maximum absolute atomic E-state index is 11.5. The molecule has 1 heterocycles. The first-order chi connectivity index (χ1) is 6.56. The highest BCUT2D eigenvalue weighted by atomic mass is 16.2. The normalized spacial score (nSPS) is 19.4. The molecule has 0 bridgehead atoms. The van der Waals surface area contributed by atoms with E-state index in [0.29, 0.717) is 12.5 Å². The smallest absolute Gasteiger partial charge is 0.319 e. The molecule has 1 fully saturated rings. The highest BCUT2D eigenvalue weighted by molar-refractivity contribution is 6.01. The largest absolute Gasteiger partial charge is 0.326 e. The number of amides is 3. The van der Waals surface area contributed by atoms with Crippen molar-refractivity contribution < 1.29 is 9.59 Å². The van der Waals surface area contributed by atoms with E-state index in [4.69, 9.17) is 0 Å². The van der Waals surface area contributed by atoms with Gasteiger partial charge in [0, 0.05) is 13.6 Å². The van der Waals surface area contributed by atoms with Crippen molar-refractivity contribution in [1.82, 2.24) is 15.1 Å². The molecule has 1 aliphatic rings. The minimum Gasteiger partial charge on any atom is -0.319 e. The number of likely N-dealkylation sites (N-methyl/N-ethyl adjacent to an activating group) is 1. The van der Waals surface area contributed by atoms with Gasteiger partial charge in [0.05, 0.1) is 0 Å². The number of carbonyl (C=O) groups is 2. The zero-order chi connectivity index (χ0) is 10.7. The molecule has 5 nitrogen and oxygen atoms in total. The third-order valence-electron chi connectivity index (χ3n) is 2.34. The van der Waals surface area contributed by atoms with Gasteiger partial charge in [0.15, 0.2) is 0 Å². The van der Waals surface area contributed by atoms with Crippen molar-refractivity contribution in [3.63, 3.8) is 0 Å². The lowest BCUT2D eigenvalue weighted by Crippen LogP contribution is -2.35. The predicted octanol–water partition coefficient (Wildman–Crippen LogP) is -0.264. The number of nitrogens with zero attached hydrogens (tertiary/aromatic N) is 2. The topological polar surface area (TPSA) is 52.7 Å². The molecule has 0 aromatic heterocycles. The Bertz CT molecular complexity index is 242. The third-order valence-corrected chi connectivity index (χ3v) is 2.34. The summed E-state index contributed by atoms with van der Waals surface area (Å²) in [6.07, 6.45) is 0. The Hall–Kier alpha value is -1.10. The van der Waals surface area contributed by atoms with Gasteiger partial charge < -0.3 is 10.2 Å². The van der Waals surface area contributed by atoms with Crippen LogP contribution in [0.25, 0.3) is 0 Å². The molecule has 1 unspecified atom stereocenters. The molecule has 0 radical (unpaired) electrons. The maximum atomic E-state index is 11.5. The molecule has 80 valence electrons. The number of hydrogen-bond acceptors (Lipinski definition) is 3. The summed E-state index contributed by atoms with van der Waals surface area (Å²) >= 11 is 0. The molecule has 0 aliphatic carbocycles. The molecule has 0 spiro atoms. The highest BCUT2D eigenvalue weighted by Crippen LogP contribution is 2.09. The van der Waals surface area contributed by atoms with Gasteiger partial charge in [0.25, 0.3) is 0 Å². The second-order valence-corrected chi connectivity index (χ2v) is 3.78. The molecular weight excluding hydrogens is 182 g/mol. The molecule has 0 aromatic carbocycles. The third kappa shape index (κ3) is 2.23. The number of carbonyl (C=O) groups excluding carboxylic acids is 2. The molecule has 1 saturated heterocycles. The van der Waals surface area contributed by atoms with Crippen molar-refractivity contribution in [3.8, 4) is 0 Å². The molecule has 1 rings (SSSR count). The van der Waals surface area contributed by atoms with Crippen molar-refractivity contribution in [2.45, 2.75) is 6.92 Å². The van der Waals surface area contributed by atoms with E-state index in [0.717, 1.165) is 6.54 Å². The number of hydrogen-bond donors (Lipinski definition) is 1. The number of urea groups is 1. The van der Waals surface area contributed by atoms with Crippen LogP contribution in [0.3, 0.4) is 0 Å². The van der Waals surface area contributed by atoms with Crippen LogP contribution in [-0.4, -0.2) is 55.5 Å². The van der Waals surface area contributed by atoms with Crippen LogP contribution in [0.2, 0.25) is 0 Å². The first-order valence-electron chi connectivity index (χ1n) is 4.76. The summed E-state index contributed by atoms with van der Waals surface area (Å²) in [6.45, 7) is 3.76. The van der Waals surface area contributed by atoms with Crippen molar-refractivity contribution in [2.24, 2.45) is 5.92 Å². The van der Waals surface area contributed by atoms with Gasteiger partial charge in [0.1, 0.15) is 6.54 Å². The van der Waals surface area contributed by atoms with Crippen molar-refractivity contribution >= 4 is 11.9 Å². The van der Waals surface area contributed by atoms with Crippen LogP contribution >= 0.6 is 0 Å². The fraction of sp³-hybridized carbons (Fsp3) is 0.778. The van der Waals surface area contributed by atoms with Crippen LogP contribution < -0.4 is 5.32 Å². The van der Waals surface area contributed by atoms with Crippen LogP contribution in [0.5, 0.6) is 0 Å². The number of imide groups is 1. The molecular formula is C9H17N3O2. The Balaban J connectivity index is 2.47. The van der Waals surface area contributed by atoms with E-state index in [-0.39, 0.29) is 18.5 Å². The van der Waals surface area contributed by atoms with Gasteiger partial charge in [-0.1, -0.05) is 6.92 Å². The monoisotopic (exact) mass is 199 g/mol. The van der Waals surface area contributed by atoms with Crippen LogP contribution in [0.4, 0.5) is 4.79 Å². The van der Waals surface area contributed by atoms with Crippen LogP contribution in [0.15, 0.2) is 0 Å². The van der Waals surface area contributed by atoms with Crippen molar-refractivity contribution in [1.29, 1.82) is 0 Å². The SMILES string of the molecule is CNCC(C)CN1CC(=O)N(C)C1=O. The van der Waals surface area contributed by atoms with E-state index in [1.807, 2.05) is 14.0 Å². The van der Waals surface area contributed by atoms with Gasteiger partial charge in [-0.25, -0.2) is 4.79 Å². The van der Waals surface area contributed by atoms with Crippen LogP contribution in [0.1, 0.15) is 6.92 Å². The van der Waals surface area contributed by atoms with Gasteiger partial charge >= 0.3 is 6.03 Å². The molecule has 0 saturated carbocycles. The van der Waals surface area contributed by atoms with E-state index in [9.17, 15) is 9.59 Å². The second kappa shape index (κ2) is 4.41. The van der Waals surface area contributed by atoms with Gasteiger partial charge in [0.2, 0.25) is 5.91 Å². The van der Waals surface area contributed by atoms with Crippen LogP contribution in [-0.2, 0) is 4.79 Å². The Kier molecular flexibility index (Phi) is 3.46. The molecule has 0 aromatic rings.